The number of nitriles is 1. The number of nitrogens with one attached hydrogen (secondary N) is 1. The van der Waals surface area contributed by atoms with Gasteiger partial charge in [0.05, 0.1) is 23.5 Å². The lowest BCUT2D eigenvalue weighted by Gasteiger charge is -2.09. The molecule has 0 aliphatic rings. The Bertz CT molecular complexity index is 1220. The highest BCUT2D eigenvalue weighted by Gasteiger charge is 2.11. The number of aromatic nitrogens is 2. The fourth-order valence-electron chi connectivity index (χ4n) is 2.76. The van der Waals surface area contributed by atoms with Crippen LogP contribution in [0.15, 0.2) is 65.2 Å². The number of benzene rings is 2. The van der Waals surface area contributed by atoms with E-state index < -0.39 is 0 Å². The molecule has 2 aromatic carbocycles. The van der Waals surface area contributed by atoms with E-state index >= 15 is 0 Å². The zero-order valence-electron chi connectivity index (χ0n) is 15.5. The minimum absolute atomic E-state index is 0.0983. The topological polar surface area (TPSA) is 101 Å². The molecule has 1 amide bonds. The summed E-state index contributed by atoms with van der Waals surface area (Å²) in [6, 6.07) is 18.0. The van der Waals surface area contributed by atoms with Crippen LogP contribution in [0.5, 0.6) is 5.75 Å². The summed E-state index contributed by atoms with van der Waals surface area (Å²) in [6.45, 7) is 1.82. The Balaban J connectivity index is 1.42. The molecule has 4 rings (SSSR count). The average molecular weight is 384 g/mol. The summed E-state index contributed by atoms with van der Waals surface area (Å²) in [5.74, 6) is 0.733. The number of para-hydroxylation sites is 1. The number of ether oxygens (including phenoxy) is 1. The Morgan fingerprint density at radius 2 is 2.07 bits per heavy atom. The van der Waals surface area contributed by atoms with Gasteiger partial charge in [-0.15, -0.1) is 0 Å². The van der Waals surface area contributed by atoms with Crippen molar-refractivity contribution >= 4 is 22.7 Å². The number of carbonyl (C=O) groups is 1. The molecule has 0 aliphatic heterocycles. The van der Waals surface area contributed by atoms with E-state index in [0.29, 0.717) is 39.7 Å². The maximum Gasteiger partial charge on any atom is 0.262 e. The molecule has 0 unspecified atom stereocenters. The van der Waals surface area contributed by atoms with Gasteiger partial charge in [0.2, 0.25) is 5.89 Å². The number of rotatable bonds is 5. The van der Waals surface area contributed by atoms with Crippen LogP contribution < -0.4 is 10.1 Å². The Morgan fingerprint density at radius 1 is 1.21 bits per heavy atom. The van der Waals surface area contributed by atoms with Crippen LogP contribution >= 0.6 is 0 Å². The summed E-state index contributed by atoms with van der Waals surface area (Å²) in [4.78, 5) is 20.8. The fourth-order valence-corrected chi connectivity index (χ4v) is 2.76. The Morgan fingerprint density at radius 3 is 2.83 bits per heavy atom. The molecule has 7 nitrogen and oxygen atoms in total. The Kier molecular flexibility index (Phi) is 4.91. The first-order valence-electron chi connectivity index (χ1n) is 8.88. The van der Waals surface area contributed by atoms with E-state index in [4.69, 9.17) is 14.4 Å². The molecule has 4 aromatic rings. The monoisotopic (exact) mass is 384 g/mol. The molecule has 0 saturated carbocycles. The van der Waals surface area contributed by atoms with Crippen molar-refractivity contribution in [1.82, 2.24) is 9.97 Å². The number of aryl methyl sites for hydroxylation is 1. The maximum absolute atomic E-state index is 12.1. The summed E-state index contributed by atoms with van der Waals surface area (Å²) in [7, 11) is 0. The summed E-state index contributed by atoms with van der Waals surface area (Å²) in [5.41, 5.74) is 3.70. The van der Waals surface area contributed by atoms with Crippen molar-refractivity contribution in [3.8, 4) is 23.4 Å². The molecular weight excluding hydrogens is 368 g/mol. The second-order valence-corrected chi connectivity index (χ2v) is 6.35. The molecule has 0 bridgehead atoms. The molecule has 2 heterocycles. The lowest BCUT2D eigenvalue weighted by molar-refractivity contribution is -0.118. The molecule has 142 valence electrons. The van der Waals surface area contributed by atoms with Gasteiger partial charge in [0, 0.05) is 0 Å². The summed E-state index contributed by atoms with van der Waals surface area (Å²) >= 11 is 0. The number of hydrogen-bond donors (Lipinski definition) is 1. The SMILES string of the molecule is Cc1ccccc1OCC(=O)Nc1ccc(-c2nc3cc(C#N)ccc3o2)nc1. The first kappa shape index (κ1) is 18.2. The predicted molar refractivity (Wildman–Crippen MR) is 107 cm³/mol. The Hall–Kier alpha value is -4.18. The van der Waals surface area contributed by atoms with Gasteiger partial charge in [0.1, 0.15) is 17.0 Å². The number of anilines is 1. The molecular formula is C22H16N4O3. The first-order chi connectivity index (χ1) is 14.1. The fraction of sp³-hybridized carbons (Fsp3) is 0.0909. The van der Waals surface area contributed by atoms with Crippen LogP contribution in [0.25, 0.3) is 22.7 Å². The van der Waals surface area contributed by atoms with Gasteiger partial charge in [0.15, 0.2) is 12.2 Å². The standard InChI is InChI=1S/C22H16N4O3/c1-14-4-2-3-5-19(14)28-13-21(27)25-16-7-8-17(24-12-16)22-26-18-10-15(11-23)6-9-20(18)29-22/h2-10,12H,13H2,1H3,(H,25,27). The van der Waals surface area contributed by atoms with E-state index in [9.17, 15) is 4.79 Å². The van der Waals surface area contributed by atoms with Gasteiger partial charge in [-0.25, -0.2) is 9.97 Å². The zero-order valence-corrected chi connectivity index (χ0v) is 15.5. The van der Waals surface area contributed by atoms with Crippen LogP contribution in [-0.4, -0.2) is 22.5 Å². The quantitative estimate of drug-likeness (QED) is 0.556. The normalized spacial score (nSPS) is 10.5. The largest absolute Gasteiger partial charge is 0.483 e. The molecule has 0 saturated heterocycles. The van der Waals surface area contributed by atoms with Crippen molar-refractivity contribution in [3.05, 3.63) is 71.9 Å². The van der Waals surface area contributed by atoms with E-state index in [1.54, 1.807) is 30.3 Å². The lowest BCUT2D eigenvalue weighted by Crippen LogP contribution is -2.20. The number of hydrogen-bond acceptors (Lipinski definition) is 6. The number of fused-ring (bicyclic) bond motifs is 1. The molecule has 0 atom stereocenters. The smallest absolute Gasteiger partial charge is 0.262 e. The van der Waals surface area contributed by atoms with Gasteiger partial charge in [-0.05, 0) is 48.9 Å². The van der Waals surface area contributed by atoms with Crippen molar-refractivity contribution in [2.45, 2.75) is 6.92 Å². The molecule has 0 fully saturated rings. The summed E-state index contributed by atoms with van der Waals surface area (Å²) in [6.07, 6.45) is 1.52. The second kappa shape index (κ2) is 7.82. The molecule has 0 aliphatic carbocycles. The van der Waals surface area contributed by atoms with Crippen molar-refractivity contribution < 1.29 is 13.9 Å². The Labute approximate surface area is 166 Å². The van der Waals surface area contributed by atoms with Gasteiger partial charge in [-0.3, -0.25) is 4.79 Å². The third-order valence-electron chi connectivity index (χ3n) is 4.24. The summed E-state index contributed by atoms with van der Waals surface area (Å²) in [5, 5.41) is 11.7. The van der Waals surface area contributed by atoms with Gasteiger partial charge in [-0.1, -0.05) is 18.2 Å². The van der Waals surface area contributed by atoms with E-state index in [1.807, 2.05) is 31.2 Å². The number of amides is 1. The van der Waals surface area contributed by atoms with Crippen LogP contribution in [0.2, 0.25) is 0 Å². The van der Waals surface area contributed by atoms with Gasteiger partial charge in [-0.2, -0.15) is 5.26 Å². The van der Waals surface area contributed by atoms with E-state index in [1.165, 1.54) is 6.20 Å². The van der Waals surface area contributed by atoms with Crippen LogP contribution in [0.3, 0.4) is 0 Å². The van der Waals surface area contributed by atoms with E-state index in [2.05, 4.69) is 21.4 Å². The van der Waals surface area contributed by atoms with E-state index in [-0.39, 0.29) is 12.5 Å². The molecule has 0 radical (unpaired) electrons. The minimum Gasteiger partial charge on any atom is -0.483 e. The van der Waals surface area contributed by atoms with E-state index in [0.717, 1.165) is 5.56 Å². The average Bonchev–Trinajstić information content (AvgIpc) is 3.17. The van der Waals surface area contributed by atoms with Gasteiger partial charge in [0.25, 0.3) is 5.91 Å². The first-order valence-corrected chi connectivity index (χ1v) is 8.88. The predicted octanol–water partition coefficient (Wildman–Crippen LogP) is 4.09. The highest BCUT2D eigenvalue weighted by Crippen LogP contribution is 2.24. The van der Waals surface area contributed by atoms with Crippen molar-refractivity contribution in [2.24, 2.45) is 0 Å². The van der Waals surface area contributed by atoms with Crippen molar-refractivity contribution in [3.63, 3.8) is 0 Å². The molecule has 1 N–H and O–H groups in total. The number of carbonyl (C=O) groups excluding carboxylic acids is 1. The molecule has 0 spiro atoms. The molecule has 7 heteroatoms. The third-order valence-corrected chi connectivity index (χ3v) is 4.24. The van der Waals surface area contributed by atoms with Gasteiger partial charge < -0.3 is 14.5 Å². The maximum atomic E-state index is 12.1. The number of pyridine rings is 1. The third kappa shape index (κ3) is 4.06. The minimum atomic E-state index is -0.284. The molecule has 29 heavy (non-hydrogen) atoms. The van der Waals surface area contributed by atoms with Crippen LogP contribution in [-0.2, 0) is 4.79 Å². The van der Waals surface area contributed by atoms with Crippen LogP contribution in [0.4, 0.5) is 5.69 Å². The lowest BCUT2D eigenvalue weighted by atomic mass is 10.2. The second-order valence-electron chi connectivity index (χ2n) is 6.35. The number of nitrogens with zero attached hydrogens (tertiary/aromatic N) is 3. The highest BCUT2D eigenvalue weighted by atomic mass is 16.5. The van der Waals surface area contributed by atoms with Crippen molar-refractivity contribution in [2.75, 3.05) is 11.9 Å². The van der Waals surface area contributed by atoms with Crippen molar-refractivity contribution in [1.29, 1.82) is 5.26 Å². The highest BCUT2D eigenvalue weighted by molar-refractivity contribution is 5.91. The van der Waals surface area contributed by atoms with Gasteiger partial charge >= 0.3 is 0 Å². The van der Waals surface area contributed by atoms with Crippen LogP contribution in [0, 0.1) is 18.3 Å². The zero-order chi connectivity index (χ0) is 20.2. The van der Waals surface area contributed by atoms with Crippen LogP contribution in [0.1, 0.15) is 11.1 Å². The summed E-state index contributed by atoms with van der Waals surface area (Å²) < 4.78 is 11.2. The molecule has 2 aromatic heterocycles. The number of oxazole rings is 1.